The number of nitrogens with zero attached hydrogens (tertiary/aromatic N) is 2. The van der Waals surface area contributed by atoms with Crippen LogP contribution < -0.4 is 16.0 Å². The van der Waals surface area contributed by atoms with Crippen molar-refractivity contribution in [2.75, 3.05) is 7.11 Å². The zero-order valence-corrected chi connectivity index (χ0v) is 13.5. The molecule has 24 heavy (non-hydrogen) atoms. The summed E-state index contributed by atoms with van der Waals surface area (Å²) < 4.78 is 7.36. The molecular formula is C18H20N4O2. The number of H-pyrrole nitrogens is 1. The number of nitrogens with two attached hydrogens (primary N) is 1. The number of fused-ring (bicyclic) bond motifs is 1. The van der Waals surface area contributed by atoms with Crippen LogP contribution in [0.5, 0.6) is 5.75 Å². The van der Waals surface area contributed by atoms with Crippen molar-refractivity contribution in [2.45, 2.75) is 31.3 Å². The maximum atomic E-state index is 12.6. The first-order valence-electron chi connectivity index (χ1n) is 8.15. The number of aromatic amines is 1. The molecule has 1 aliphatic rings. The van der Waals surface area contributed by atoms with Gasteiger partial charge in [-0.15, -0.1) is 0 Å². The molecule has 0 radical (unpaired) electrons. The number of methoxy groups -OCH3 is 1. The summed E-state index contributed by atoms with van der Waals surface area (Å²) in [7, 11) is 1.63. The second-order valence-electron chi connectivity index (χ2n) is 6.35. The molecule has 1 saturated carbocycles. The highest BCUT2D eigenvalue weighted by atomic mass is 16.5. The van der Waals surface area contributed by atoms with Gasteiger partial charge in [0.1, 0.15) is 11.6 Å². The summed E-state index contributed by atoms with van der Waals surface area (Å²) in [6.07, 6.45) is 6.63. The van der Waals surface area contributed by atoms with Gasteiger partial charge in [-0.3, -0.25) is 4.79 Å². The predicted octanol–water partition coefficient (Wildman–Crippen LogP) is 2.45. The Kier molecular flexibility index (Phi) is 3.61. The molecule has 4 rings (SSSR count). The summed E-state index contributed by atoms with van der Waals surface area (Å²) in [5.41, 5.74) is 7.26. The molecule has 0 aliphatic heterocycles. The Morgan fingerprint density at radius 1 is 1.33 bits per heavy atom. The second-order valence-corrected chi connectivity index (χ2v) is 6.35. The Morgan fingerprint density at radius 2 is 2.21 bits per heavy atom. The summed E-state index contributed by atoms with van der Waals surface area (Å²) >= 11 is 0. The lowest BCUT2D eigenvalue weighted by atomic mass is 10.1. The maximum absolute atomic E-state index is 12.6. The summed E-state index contributed by atoms with van der Waals surface area (Å²) in [4.78, 5) is 19.9. The van der Waals surface area contributed by atoms with Crippen LogP contribution >= 0.6 is 0 Å². The van der Waals surface area contributed by atoms with Gasteiger partial charge in [0.15, 0.2) is 0 Å². The van der Waals surface area contributed by atoms with Gasteiger partial charge in [0.05, 0.1) is 12.7 Å². The van der Waals surface area contributed by atoms with Crippen molar-refractivity contribution in [1.82, 2.24) is 14.5 Å². The molecule has 0 saturated heterocycles. The van der Waals surface area contributed by atoms with Crippen molar-refractivity contribution in [3.8, 4) is 17.1 Å². The summed E-state index contributed by atoms with van der Waals surface area (Å²) in [6.45, 7) is 0. The first-order chi connectivity index (χ1) is 11.7. The Hall–Kier alpha value is -2.60. The van der Waals surface area contributed by atoms with E-state index in [1.54, 1.807) is 13.3 Å². The van der Waals surface area contributed by atoms with Crippen LogP contribution in [0.1, 0.15) is 25.3 Å². The van der Waals surface area contributed by atoms with Crippen LogP contribution in [-0.4, -0.2) is 27.7 Å². The molecular weight excluding hydrogens is 304 g/mol. The molecule has 0 unspecified atom stereocenters. The lowest BCUT2D eigenvalue weighted by Crippen LogP contribution is -2.17. The second kappa shape index (κ2) is 5.79. The minimum absolute atomic E-state index is 0.137. The van der Waals surface area contributed by atoms with E-state index >= 15 is 0 Å². The molecule has 0 bridgehead atoms. The van der Waals surface area contributed by atoms with E-state index in [-0.39, 0.29) is 11.6 Å². The molecule has 6 nitrogen and oxygen atoms in total. The Labute approximate surface area is 139 Å². The van der Waals surface area contributed by atoms with E-state index in [0.717, 1.165) is 35.9 Å². The van der Waals surface area contributed by atoms with E-state index in [9.17, 15) is 4.79 Å². The van der Waals surface area contributed by atoms with Crippen LogP contribution in [0.3, 0.4) is 0 Å². The minimum Gasteiger partial charge on any atom is -0.497 e. The van der Waals surface area contributed by atoms with Crippen molar-refractivity contribution >= 4 is 10.9 Å². The largest absolute Gasteiger partial charge is 0.497 e. The number of nitrogens with one attached hydrogen (secondary N) is 1. The Balaban J connectivity index is 1.83. The molecule has 2 aromatic heterocycles. The van der Waals surface area contributed by atoms with Gasteiger partial charge >= 0.3 is 0 Å². The molecule has 0 amide bonds. The molecule has 1 aromatic carbocycles. The number of benzene rings is 1. The molecule has 2 atom stereocenters. The number of hydrogen-bond acceptors (Lipinski definition) is 4. The van der Waals surface area contributed by atoms with Crippen LogP contribution in [0.15, 0.2) is 41.5 Å². The standard InChI is InChI=1S/C18H20N4O2/c1-24-14-4-5-16-11(8-14)9-15(18(23)21-16)17-20-6-7-22(17)13-3-2-12(19)10-13/h4-9,12-13H,2-3,10,19H2,1H3,(H,21,23)/t12-,13-/m1/s1. The number of rotatable bonds is 3. The number of pyridine rings is 1. The van der Waals surface area contributed by atoms with Crippen molar-refractivity contribution in [1.29, 1.82) is 0 Å². The normalized spacial score (nSPS) is 20.6. The van der Waals surface area contributed by atoms with Gasteiger partial charge in [0.25, 0.3) is 5.56 Å². The van der Waals surface area contributed by atoms with Crippen LogP contribution in [0, 0.1) is 0 Å². The third-order valence-electron chi connectivity index (χ3n) is 4.80. The minimum atomic E-state index is -0.137. The molecule has 1 fully saturated rings. The smallest absolute Gasteiger partial charge is 0.259 e. The molecule has 0 spiro atoms. The van der Waals surface area contributed by atoms with Gasteiger partial charge in [0, 0.05) is 35.4 Å². The van der Waals surface area contributed by atoms with E-state index < -0.39 is 0 Å². The number of imidazole rings is 1. The highest BCUT2D eigenvalue weighted by molar-refractivity contribution is 5.83. The van der Waals surface area contributed by atoms with Gasteiger partial charge in [-0.1, -0.05) is 0 Å². The maximum Gasteiger partial charge on any atom is 0.259 e. The fourth-order valence-corrected chi connectivity index (χ4v) is 3.54. The molecule has 124 valence electrons. The molecule has 6 heteroatoms. The lowest BCUT2D eigenvalue weighted by Gasteiger charge is -2.15. The van der Waals surface area contributed by atoms with E-state index in [0.29, 0.717) is 17.4 Å². The lowest BCUT2D eigenvalue weighted by molar-refractivity contribution is 0.415. The summed E-state index contributed by atoms with van der Waals surface area (Å²) in [6, 6.07) is 8.00. The summed E-state index contributed by atoms with van der Waals surface area (Å²) in [5.74, 6) is 1.45. The SMILES string of the molecule is COc1ccc2[nH]c(=O)c(-c3nccn3[C@@H]3CC[C@@H](N)C3)cc2c1. The molecule has 3 aromatic rings. The quantitative estimate of drug-likeness (QED) is 0.775. The monoisotopic (exact) mass is 324 g/mol. The zero-order chi connectivity index (χ0) is 16.7. The molecule has 2 heterocycles. The predicted molar refractivity (Wildman–Crippen MR) is 93.2 cm³/mol. The van der Waals surface area contributed by atoms with Gasteiger partial charge in [-0.25, -0.2) is 4.98 Å². The number of ether oxygens (including phenoxy) is 1. The third kappa shape index (κ3) is 2.49. The highest BCUT2D eigenvalue weighted by Gasteiger charge is 2.25. The van der Waals surface area contributed by atoms with Crippen LogP contribution in [0.4, 0.5) is 0 Å². The third-order valence-corrected chi connectivity index (χ3v) is 4.80. The topological polar surface area (TPSA) is 85.9 Å². The van der Waals surface area contributed by atoms with Crippen LogP contribution in [-0.2, 0) is 0 Å². The fourth-order valence-electron chi connectivity index (χ4n) is 3.54. The number of aromatic nitrogens is 3. The Morgan fingerprint density at radius 3 is 2.96 bits per heavy atom. The fraction of sp³-hybridized carbons (Fsp3) is 0.333. The van der Waals surface area contributed by atoms with Gasteiger partial charge in [-0.05, 0) is 43.5 Å². The van der Waals surface area contributed by atoms with Crippen LogP contribution in [0.2, 0.25) is 0 Å². The number of hydrogen-bond donors (Lipinski definition) is 2. The zero-order valence-electron chi connectivity index (χ0n) is 13.5. The van der Waals surface area contributed by atoms with Gasteiger partial charge < -0.3 is 20.0 Å². The Bertz CT molecular complexity index is 944. The highest BCUT2D eigenvalue weighted by Crippen LogP contribution is 2.32. The summed E-state index contributed by atoms with van der Waals surface area (Å²) in [5, 5.41) is 0.918. The average Bonchev–Trinajstić information content (AvgIpc) is 3.22. The van der Waals surface area contributed by atoms with Crippen molar-refractivity contribution in [3.05, 3.63) is 47.0 Å². The van der Waals surface area contributed by atoms with E-state index in [2.05, 4.69) is 14.5 Å². The van der Waals surface area contributed by atoms with Crippen molar-refractivity contribution in [3.63, 3.8) is 0 Å². The first kappa shape index (κ1) is 15.0. The van der Waals surface area contributed by atoms with E-state index in [1.807, 2.05) is 30.5 Å². The molecule has 1 aliphatic carbocycles. The first-order valence-corrected chi connectivity index (χ1v) is 8.15. The van der Waals surface area contributed by atoms with Crippen LogP contribution in [0.25, 0.3) is 22.3 Å². The van der Waals surface area contributed by atoms with Gasteiger partial charge in [0.2, 0.25) is 0 Å². The van der Waals surface area contributed by atoms with E-state index in [1.165, 1.54) is 0 Å². The average molecular weight is 324 g/mol. The van der Waals surface area contributed by atoms with Crippen molar-refractivity contribution < 1.29 is 4.74 Å². The van der Waals surface area contributed by atoms with Gasteiger partial charge in [-0.2, -0.15) is 0 Å². The van der Waals surface area contributed by atoms with Crippen molar-refractivity contribution in [2.24, 2.45) is 5.73 Å². The van der Waals surface area contributed by atoms with E-state index in [4.69, 9.17) is 10.5 Å². The molecule has 3 N–H and O–H groups in total.